The lowest BCUT2D eigenvalue weighted by Gasteiger charge is -2.03. The Bertz CT molecular complexity index is 367. The fourth-order valence-corrected chi connectivity index (χ4v) is 1.66. The molecule has 0 bridgehead atoms. The number of quaternary nitrogens is 1. The van der Waals surface area contributed by atoms with Gasteiger partial charge in [0.2, 0.25) is 0 Å². The van der Waals surface area contributed by atoms with E-state index in [1.807, 2.05) is 37.3 Å². The molecular weight excluding hydrogens is 230 g/mol. The molecule has 1 fully saturated rings. The zero-order valence-electron chi connectivity index (χ0n) is 10.7. The summed E-state index contributed by atoms with van der Waals surface area (Å²) in [6.07, 6.45) is 1.68. The van der Waals surface area contributed by atoms with Gasteiger partial charge in [-0.05, 0) is 17.9 Å². The Hall–Kier alpha value is -1.39. The maximum absolute atomic E-state index is 9.86. The van der Waals surface area contributed by atoms with Crippen molar-refractivity contribution in [3.8, 4) is 0 Å². The average molecular weight is 251 g/mol. The molecule has 0 aliphatic heterocycles. The largest absolute Gasteiger partial charge is 0.550 e. The van der Waals surface area contributed by atoms with Crippen molar-refractivity contribution >= 4 is 5.97 Å². The molecule has 1 saturated carbocycles. The Morgan fingerprint density at radius 1 is 1.50 bits per heavy atom. The quantitative estimate of drug-likeness (QED) is 0.736. The predicted molar refractivity (Wildman–Crippen MR) is 66.2 cm³/mol. The van der Waals surface area contributed by atoms with E-state index < -0.39 is 5.97 Å². The van der Waals surface area contributed by atoms with Gasteiger partial charge in [0, 0.05) is 18.3 Å². The van der Waals surface area contributed by atoms with Gasteiger partial charge in [-0.1, -0.05) is 37.3 Å². The highest BCUT2D eigenvalue weighted by atomic mass is 16.4. The number of carbonyl (C=O) groups is 1. The van der Waals surface area contributed by atoms with Crippen molar-refractivity contribution in [2.24, 2.45) is 11.8 Å². The minimum atomic E-state index is -0.882. The molecule has 18 heavy (non-hydrogen) atoms. The van der Waals surface area contributed by atoms with Gasteiger partial charge in [-0.2, -0.15) is 0 Å². The van der Waals surface area contributed by atoms with Crippen molar-refractivity contribution in [3.05, 3.63) is 35.9 Å². The van der Waals surface area contributed by atoms with Crippen LogP contribution in [0.25, 0.3) is 0 Å². The monoisotopic (exact) mass is 251 g/mol. The Kier molecular flexibility index (Phi) is 5.82. The van der Waals surface area contributed by atoms with Crippen LogP contribution in [0, 0.1) is 11.8 Å². The molecule has 100 valence electrons. The number of rotatable bonds is 4. The zero-order valence-corrected chi connectivity index (χ0v) is 10.7. The third-order valence-corrected chi connectivity index (χ3v) is 3.04. The first-order chi connectivity index (χ1) is 8.54. The van der Waals surface area contributed by atoms with Crippen LogP contribution in [0.3, 0.4) is 0 Å². The van der Waals surface area contributed by atoms with Gasteiger partial charge in [0.05, 0.1) is 6.61 Å². The highest BCUT2D eigenvalue weighted by Crippen LogP contribution is 2.36. The van der Waals surface area contributed by atoms with Crippen LogP contribution < -0.4 is 10.8 Å². The summed E-state index contributed by atoms with van der Waals surface area (Å²) in [6, 6.07) is 10.2. The summed E-state index contributed by atoms with van der Waals surface area (Å²) in [4.78, 5) is 9.86. The first kappa shape index (κ1) is 14.7. The second kappa shape index (κ2) is 7.13. The van der Waals surface area contributed by atoms with E-state index >= 15 is 0 Å². The molecule has 0 heterocycles. The Balaban J connectivity index is 0.000000199. The second-order valence-electron chi connectivity index (χ2n) is 4.88. The number of carboxylic acids is 1. The van der Waals surface area contributed by atoms with Gasteiger partial charge in [0.25, 0.3) is 0 Å². The van der Waals surface area contributed by atoms with Crippen LogP contribution in [-0.2, 0) is 11.2 Å². The van der Waals surface area contributed by atoms with Gasteiger partial charge < -0.3 is 20.7 Å². The standard InChI is InChI=1S/C9H13NO.C5H8O2/c10-9(7-11)6-8-4-2-1-3-5-8;1-3-2-4(3)5(6)7/h1-5,9,11H,6-7,10H2;3-4H,2H2,1H3,(H,6,7)/t9-;3-,4-/m10/s1. The highest BCUT2D eigenvalue weighted by Gasteiger charge is 2.33. The predicted octanol–water partition coefficient (Wildman–Crippen LogP) is -0.776. The van der Waals surface area contributed by atoms with E-state index in [1.165, 1.54) is 5.56 Å². The van der Waals surface area contributed by atoms with Crippen LogP contribution in [0.5, 0.6) is 0 Å². The Morgan fingerprint density at radius 2 is 2.06 bits per heavy atom. The fraction of sp³-hybridized carbons (Fsp3) is 0.500. The summed E-state index contributed by atoms with van der Waals surface area (Å²) in [5.74, 6) is -0.627. The molecule has 1 aromatic rings. The van der Waals surface area contributed by atoms with E-state index in [2.05, 4.69) is 5.73 Å². The third kappa shape index (κ3) is 5.29. The number of hydrogen-bond donors (Lipinski definition) is 2. The van der Waals surface area contributed by atoms with E-state index in [0.29, 0.717) is 5.92 Å². The van der Waals surface area contributed by atoms with Crippen LogP contribution in [0.1, 0.15) is 18.9 Å². The van der Waals surface area contributed by atoms with E-state index in [4.69, 9.17) is 5.11 Å². The summed E-state index contributed by atoms with van der Waals surface area (Å²) >= 11 is 0. The molecule has 0 unspecified atom stereocenters. The van der Waals surface area contributed by atoms with Crippen molar-refractivity contribution in [1.29, 1.82) is 0 Å². The minimum absolute atomic E-state index is 0.123. The molecule has 0 aromatic heterocycles. The van der Waals surface area contributed by atoms with Crippen molar-refractivity contribution in [3.63, 3.8) is 0 Å². The van der Waals surface area contributed by atoms with Crippen molar-refractivity contribution in [1.82, 2.24) is 0 Å². The number of hydrogen-bond acceptors (Lipinski definition) is 3. The lowest BCUT2D eigenvalue weighted by molar-refractivity contribution is -0.424. The molecule has 0 radical (unpaired) electrons. The van der Waals surface area contributed by atoms with Gasteiger partial charge in [0.1, 0.15) is 6.04 Å². The number of aliphatic carboxylic acids is 1. The second-order valence-corrected chi connectivity index (χ2v) is 4.88. The molecule has 0 amide bonds. The molecular formula is C14H21NO3. The molecule has 0 spiro atoms. The first-order valence-electron chi connectivity index (χ1n) is 6.23. The number of aliphatic hydroxyl groups excluding tert-OH is 1. The van der Waals surface area contributed by atoms with Crippen LogP contribution in [0.15, 0.2) is 30.3 Å². The first-order valence-corrected chi connectivity index (χ1v) is 6.23. The lowest BCUT2D eigenvalue weighted by atomic mass is 10.1. The lowest BCUT2D eigenvalue weighted by Crippen LogP contribution is -2.63. The van der Waals surface area contributed by atoms with E-state index in [9.17, 15) is 9.90 Å². The van der Waals surface area contributed by atoms with Crippen molar-refractivity contribution < 1.29 is 20.7 Å². The maximum atomic E-state index is 9.86. The minimum Gasteiger partial charge on any atom is -0.550 e. The van der Waals surface area contributed by atoms with E-state index in [1.54, 1.807) is 0 Å². The van der Waals surface area contributed by atoms with E-state index in [-0.39, 0.29) is 18.6 Å². The summed E-state index contributed by atoms with van der Waals surface area (Å²) in [6.45, 7) is 2.08. The average Bonchev–Trinajstić information content (AvgIpc) is 3.09. The molecule has 0 saturated heterocycles. The van der Waals surface area contributed by atoms with Crippen molar-refractivity contribution in [2.45, 2.75) is 25.8 Å². The van der Waals surface area contributed by atoms with Crippen molar-refractivity contribution in [2.75, 3.05) is 6.61 Å². The number of carboxylic acid groups (broad SMARTS) is 1. The summed E-state index contributed by atoms with van der Waals surface area (Å²) in [7, 11) is 0. The van der Waals surface area contributed by atoms with Gasteiger partial charge >= 0.3 is 0 Å². The summed E-state index contributed by atoms with van der Waals surface area (Å²) in [5.41, 5.74) is 5.04. The molecule has 4 N–H and O–H groups in total. The van der Waals surface area contributed by atoms with Crippen LogP contribution in [-0.4, -0.2) is 23.7 Å². The summed E-state index contributed by atoms with van der Waals surface area (Å²) in [5, 5.41) is 18.6. The van der Waals surface area contributed by atoms with Gasteiger partial charge in [-0.15, -0.1) is 0 Å². The molecule has 4 heteroatoms. The van der Waals surface area contributed by atoms with E-state index in [0.717, 1.165) is 12.8 Å². The Morgan fingerprint density at radius 3 is 2.39 bits per heavy atom. The van der Waals surface area contributed by atoms with Gasteiger partial charge in [-0.25, -0.2) is 0 Å². The van der Waals surface area contributed by atoms with Crippen LogP contribution >= 0.6 is 0 Å². The topological polar surface area (TPSA) is 88.0 Å². The number of benzene rings is 1. The van der Waals surface area contributed by atoms with Crippen LogP contribution in [0.4, 0.5) is 0 Å². The Labute approximate surface area is 107 Å². The molecule has 3 atom stereocenters. The molecule has 2 rings (SSSR count). The maximum Gasteiger partial charge on any atom is 0.112 e. The molecule has 4 nitrogen and oxygen atoms in total. The molecule has 1 aromatic carbocycles. The molecule has 1 aliphatic rings. The highest BCUT2D eigenvalue weighted by molar-refractivity contribution is 5.70. The third-order valence-electron chi connectivity index (χ3n) is 3.04. The van der Waals surface area contributed by atoms with Gasteiger partial charge in [0.15, 0.2) is 0 Å². The fourth-order valence-electron chi connectivity index (χ4n) is 1.66. The number of aliphatic hydroxyl groups is 1. The molecule has 1 aliphatic carbocycles. The SMILES string of the molecule is C[C@H]1C[C@@H]1C(=O)[O-].[NH3+][C@@H](CO)Cc1ccccc1. The summed E-state index contributed by atoms with van der Waals surface area (Å²) < 4.78 is 0. The van der Waals surface area contributed by atoms with Crippen LogP contribution in [0.2, 0.25) is 0 Å². The van der Waals surface area contributed by atoms with Gasteiger partial charge in [-0.3, -0.25) is 0 Å². The zero-order chi connectivity index (χ0) is 13.5. The smallest absolute Gasteiger partial charge is 0.112 e. The normalized spacial score (nSPS) is 22.6. The number of carbonyl (C=O) groups excluding carboxylic acids is 1.